The van der Waals surface area contributed by atoms with Crippen LogP contribution in [-0.2, 0) is 14.3 Å². The molecule has 0 aromatic heterocycles. The van der Waals surface area contributed by atoms with Crippen LogP contribution >= 0.6 is 0 Å². The smallest absolute Gasteiger partial charge is 0.309 e. The van der Waals surface area contributed by atoms with Crippen molar-refractivity contribution < 1.29 is 19.4 Å². The molecule has 0 aromatic rings. The molecule has 5 heteroatoms. The van der Waals surface area contributed by atoms with Crippen LogP contribution in [0.1, 0.15) is 20.3 Å². The second kappa shape index (κ2) is 5.61. The molecular formula is C11H21NO4. The van der Waals surface area contributed by atoms with Gasteiger partial charge in [-0.15, -0.1) is 0 Å². The summed E-state index contributed by atoms with van der Waals surface area (Å²) < 4.78 is 9.80. The predicted octanol–water partition coefficient (Wildman–Crippen LogP) is -0.0750. The van der Waals surface area contributed by atoms with Crippen molar-refractivity contribution in [2.45, 2.75) is 31.9 Å². The lowest BCUT2D eigenvalue weighted by molar-refractivity contribution is -0.145. The molecule has 0 bridgehead atoms. The van der Waals surface area contributed by atoms with E-state index in [1.165, 1.54) is 7.11 Å². The van der Waals surface area contributed by atoms with E-state index < -0.39 is 5.60 Å². The Morgan fingerprint density at radius 3 is 2.81 bits per heavy atom. The van der Waals surface area contributed by atoms with Gasteiger partial charge in [-0.25, -0.2) is 0 Å². The van der Waals surface area contributed by atoms with Crippen LogP contribution in [0.3, 0.4) is 0 Å². The molecule has 1 saturated heterocycles. The Hall–Kier alpha value is -0.650. The number of carbonyl (C=O) groups is 1. The third kappa shape index (κ3) is 3.43. The van der Waals surface area contributed by atoms with Crippen LogP contribution in [0.5, 0.6) is 0 Å². The summed E-state index contributed by atoms with van der Waals surface area (Å²) >= 11 is 0. The zero-order chi connectivity index (χ0) is 12.2. The SMILES string of the molecule is COC(=O)C(C)C(C)NCC1(O)CCOC1. The van der Waals surface area contributed by atoms with Crippen LogP contribution in [0.2, 0.25) is 0 Å². The summed E-state index contributed by atoms with van der Waals surface area (Å²) in [4.78, 5) is 11.3. The Morgan fingerprint density at radius 1 is 1.62 bits per heavy atom. The number of hydrogen-bond acceptors (Lipinski definition) is 5. The van der Waals surface area contributed by atoms with Crippen molar-refractivity contribution in [1.82, 2.24) is 5.32 Å². The average molecular weight is 231 g/mol. The molecule has 1 heterocycles. The number of rotatable bonds is 5. The Morgan fingerprint density at radius 2 is 2.31 bits per heavy atom. The first-order chi connectivity index (χ1) is 7.48. The van der Waals surface area contributed by atoms with Crippen LogP contribution in [0, 0.1) is 5.92 Å². The zero-order valence-electron chi connectivity index (χ0n) is 10.2. The molecule has 94 valence electrons. The van der Waals surface area contributed by atoms with Crippen molar-refractivity contribution in [3.8, 4) is 0 Å². The third-order valence-corrected chi connectivity index (χ3v) is 3.16. The fourth-order valence-electron chi connectivity index (χ4n) is 1.65. The van der Waals surface area contributed by atoms with E-state index in [4.69, 9.17) is 4.74 Å². The lowest BCUT2D eigenvalue weighted by Gasteiger charge is -2.25. The lowest BCUT2D eigenvalue weighted by atomic mass is 10.00. The molecule has 1 aliphatic rings. The highest BCUT2D eigenvalue weighted by molar-refractivity contribution is 5.72. The van der Waals surface area contributed by atoms with Gasteiger partial charge in [0.1, 0.15) is 5.60 Å². The number of hydrogen-bond donors (Lipinski definition) is 2. The van der Waals surface area contributed by atoms with Gasteiger partial charge in [0.25, 0.3) is 0 Å². The second-order valence-electron chi connectivity index (χ2n) is 4.51. The Labute approximate surface area is 96.1 Å². The van der Waals surface area contributed by atoms with Crippen molar-refractivity contribution in [2.75, 3.05) is 26.9 Å². The van der Waals surface area contributed by atoms with Gasteiger partial charge in [-0.2, -0.15) is 0 Å². The molecular weight excluding hydrogens is 210 g/mol. The number of ether oxygens (including phenoxy) is 2. The van der Waals surface area contributed by atoms with Gasteiger partial charge in [0.05, 0.1) is 19.6 Å². The van der Waals surface area contributed by atoms with Crippen LogP contribution in [0.4, 0.5) is 0 Å². The molecule has 2 N–H and O–H groups in total. The van der Waals surface area contributed by atoms with Gasteiger partial charge >= 0.3 is 5.97 Å². The molecule has 1 fully saturated rings. The van der Waals surface area contributed by atoms with E-state index in [0.717, 1.165) is 0 Å². The number of carbonyl (C=O) groups excluding carboxylic acids is 1. The van der Waals surface area contributed by atoms with Crippen molar-refractivity contribution >= 4 is 5.97 Å². The standard InChI is InChI=1S/C11H21NO4/c1-8(10(13)15-3)9(2)12-6-11(14)4-5-16-7-11/h8-9,12,14H,4-7H2,1-3H3. The van der Waals surface area contributed by atoms with Crippen LogP contribution in [0.15, 0.2) is 0 Å². The van der Waals surface area contributed by atoms with Crippen molar-refractivity contribution in [2.24, 2.45) is 5.92 Å². The summed E-state index contributed by atoms with van der Waals surface area (Å²) in [6, 6.07) is -0.0305. The molecule has 1 aliphatic heterocycles. The molecule has 1 rings (SSSR count). The minimum Gasteiger partial charge on any atom is -0.469 e. The zero-order valence-corrected chi connectivity index (χ0v) is 10.2. The molecule has 5 nitrogen and oxygen atoms in total. The molecule has 0 amide bonds. The quantitative estimate of drug-likeness (QED) is 0.648. The van der Waals surface area contributed by atoms with Crippen LogP contribution in [-0.4, -0.2) is 49.6 Å². The summed E-state index contributed by atoms with van der Waals surface area (Å²) in [7, 11) is 1.38. The predicted molar refractivity (Wildman–Crippen MR) is 59.0 cm³/mol. The Bertz CT molecular complexity index is 238. The first-order valence-corrected chi connectivity index (χ1v) is 5.60. The molecule has 0 spiro atoms. The van der Waals surface area contributed by atoms with Crippen molar-refractivity contribution in [3.05, 3.63) is 0 Å². The number of aliphatic hydroxyl groups is 1. The van der Waals surface area contributed by atoms with Gasteiger partial charge in [0.2, 0.25) is 0 Å². The van der Waals surface area contributed by atoms with Crippen LogP contribution < -0.4 is 5.32 Å². The minimum absolute atomic E-state index is 0.0305. The van der Waals surface area contributed by atoms with Crippen molar-refractivity contribution in [3.63, 3.8) is 0 Å². The maximum Gasteiger partial charge on any atom is 0.309 e. The van der Waals surface area contributed by atoms with Gasteiger partial charge in [-0.1, -0.05) is 6.92 Å². The van der Waals surface area contributed by atoms with Gasteiger partial charge in [-0.3, -0.25) is 4.79 Å². The number of methoxy groups -OCH3 is 1. The van der Waals surface area contributed by atoms with E-state index in [1.807, 2.05) is 6.92 Å². The van der Waals surface area contributed by atoms with E-state index in [9.17, 15) is 9.90 Å². The minimum atomic E-state index is -0.788. The normalized spacial score (nSPS) is 28.8. The maximum atomic E-state index is 11.3. The van der Waals surface area contributed by atoms with E-state index in [-0.39, 0.29) is 17.9 Å². The van der Waals surface area contributed by atoms with E-state index >= 15 is 0 Å². The van der Waals surface area contributed by atoms with Gasteiger partial charge in [0, 0.05) is 25.6 Å². The maximum absolute atomic E-state index is 11.3. The first kappa shape index (κ1) is 13.4. The summed E-state index contributed by atoms with van der Waals surface area (Å²) in [5.41, 5.74) is -0.788. The molecule has 0 aliphatic carbocycles. The molecule has 0 saturated carbocycles. The Balaban J connectivity index is 2.34. The molecule has 3 unspecified atom stereocenters. The molecule has 3 atom stereocenters. The van der Waals surface area contributed by atoms with Gasteiger partial charge < -0.3 is 19.9 Å². The van der Waals surface area contributed by atoms with E-state index in [0.29, 0.717) is 26.2 Å². The summed E-state index contributed by atoms with van der Waals surface area (Å²) in [6.07, 6.45) is 0.638. The highest BCUT2D eigenvalue weighted by Crippen LogP contribution is 2.17. The molecule has 16 heavy (non-hydrogen) atoms. The van der Waals surface area contributed by atoms with Crippen LogP contribution in [0.25, 0.3) is 0 Å². The highest BCUT2D eigenvalue weighted by atomic mass is 16.5. The lowest BCUT2D eigenvalue weighted by Crippen LogP contribution is -2.47. The largest absolute Gasteiger partial charge is 0.469 e. The van der Waals surface area contributed by atoms with Crippen molar-refractivity contribution in [1.29, 1.82) is 0 Å². The summed E-state index contributed by atoms with van der Waals surface area (Å²) in [6.45, 7) is 5.10. The summed E-state index contributed by atoms with van der Waals surface area (Å²) in [5.74, 6) is -0.467. The highest BCUT2D eigenvalue weighted by Gasteiger charge is 2.33. The Kier molecular flexibility index (Phi) is 4.70. The first-order valence-electron chi connectivity index (χ1n) is 5.60. The second-order valence-corrected chi connectivity index (χ2v) is 4.51. The number of nitrogens with one attached hydrogen (secondary N) is 1. The molecule has 0 radical (unpaired) electrons. The summed E-state index contributed by atoms with van der Waals surface area (Å²) in [5, 5.41) is 13.2. The van der Waals surface area contributed by atoms with E-state index in [1.54, 1.807) is 6.92 Å². The third-order valence-electron chi connectivity index (χ3n) is 3.16. The van der Waals surface area contributed by atoms with Gasteiger partial charge in [-0.05, 0) is 6.92 Å². The topological polar surface area (TPSA) is 67.8 Å². The monoisotopic (exact) mass is 231 g/mol. The fourth-order valence-corrected chi connectivity index (χ4v) is 1.65. The average Bonchev–Trinajstić information content (AvgIpc) is 2.71. The number of esters is 1. The molecule has 0 aromatic carbocycles. The van der Waals surface area contributed by atoms with E-state index in [2.05, 4.69) is 10.1 Å². The fraction of sp³-hybridized carbons (Fsp3) is 0.909. The van der Waals surface area contributed by atoms with Gasteiger partial charge in [0.15, 0.2) is 0 Å².